The fraction of sp³-hybridized carbons (Fsp3) is 0.333. The Kier molecular flexibility index (Phi) is 4.51. The predicted octanol–water partition coefficient (Wildman–Crippen LogP) is 1.77. The third-order valence-corrected chi connectivity index (χ3v) is 4.27. The Morgan fingerprint density at radius 2 is 1.57 bits per heavy atom. The van der Waals surface area contributed by atoms with Crippen molar-refractivity contribution in [2.75, 3.05) is 37.6 Å². The molecule has 0 spiro atoms. The van der Waals surface area contributed by atoms with Crippen LogP contribution in [0.3, 0.4) is 0 Å². The molecule has 110 valence electrons. The molecule has 0 aliphatic carbocycles. The van der Waals surface area contributed by atoms with Crippen molar-refractivity contribution in [1.82, 2.24) is 0 Å². The minimum Gasteiger partial charge on any atom is -0.358 e. The summed E-state index contributed by atoms with van der Waals surface area (Å²) in [6.07, 6.45) is 1.12. The highest BCUT2D eigenvalue weighted by molar-refractivity contribution is 5.47. The fourth-order valence-corrected chi connectivity index (χ4v) is 2.99. The lowest BCUT2D eigenvalue weighted by molar-refractivity contribution is -0.900. The Morgan fingerprint density at radius 3 is 2.29 bits per heavy atom. The summed E-state index contributed by atoms with van der Waals surface area (Å²) in [4.78, 5) is 3.79. The number of halogens is 1. The molecule has 2 aromatic carbocycles. The molecule has 1 aliphatic rings. The summed E-state index contributed by atoms with van der Waals surface area (Å²) in [7, 11) is 0. The van der Waals surface area contributed by atoms with Crippen LogP contribution in [0.15, 0.2) is 54.6 Å². The van der Waals surface area contributed by atoms with Crippen LogP contribution in [0, 0.1) is 5.82 Å². The van der Waals surface area contributed by atoms with Crippen LogP contribution in [0.5, 0.6) is 0 Å². The SMILES string of the molecule is Fc1ccccc1N1CC[NH+](CCc2ccccc2)CC1. The van der Waals surface area contributed by atoms with Crippen LogP contribution in [0.1, 0.15) is 5.56 Å². The monoisotopic (exact) mass is 285 g/mol. The number of nitrogens with zero attached hydrogens (tertiary/aromatic N) is 1. The van der Waals surface area contributed by atoms with E-state index in [0.717, 1.165) is 44.8 Å². The topological polar surface area (TPSA) is 7.68 Å². The number of quaternary nitrogens is 1. The highest BCUT2D eigenvalue weighted by Crippen LogP contribution is 2.18. The summed E-state index contributed by atoms with van der Waals surface area (Å²) in [5, 5.41) is 0. The van der Waals surface area contributed by atoms with Crippen molar-refractivity contribution in [3.8, 4) is 0 Å². The van der Waals surface area contributed by atoms with Crippen molar-refractivity contribution in [3.05, 3.63) is 66.0 Å². The number of piperazine rings is 1. The van der Waals surface area contributed by atoms with Crippen molar-refractivity contribution < 1.29 is 9.29 Å². The molecular formula is C18H22FN2+. The quantitative estimate of drug-likeness (QED) is 0.900. The van der Waals surface area contributed by atoms with E-state index in [0.29, 0.717) is 0 Å². The van der Waals surface area contributed by atoms with Gasteiger partial charge in [0.2, 0.25) is 0 Å². The van der Waals surface area contributed by atoms with E-state index in [9.17, 15) is 4.39 Å². The first-order valence-electron chi connectivity index (χ1n) is 7.70. The molecule has 3 heteroatoms. The average Bonchev–Trinajstić information content (AvgIpc) is 2.55. The maximum absolute atomic E-state index is 13.8. The van der Waals surface area contributed by atoms with E-state index in [1.807, 2.05) is 12.1 Å². The van der Waals surface area contributed by atoms with Gasteiger partial charge in [0.1, 0.15) is 5.82 Å². The van der Waals surface area contributed by atoms with Crippen molar-refractivity contribution in [2.45, 2.75) is 6.42 Å². The van der Waals surface area contributed by atoms with Gasteiger partial charge in [0.25, 0.3) is 0 Å². The second kappa shape index (κ2) is 6.72. The maximum atomic E-state index is 13.8. The van der Waals surface area contributed by atoms with Gasteiger partial charge in [-0.15, -0.1) is 0 Å². The first-order valence-corrected chi connectivity index (χ1v) is 7.70. The van der Waals surface area contributed by atoms with Crippen LogP contribution in [-0.4, -0.2) is 32.7 Å². The summed E-state index contributed by atoms with van der Waals surface area (Å²) in [5.74, 6) is -0.106. The standard InChI is InChI=1S/C18H21FN2/c19-17-8-4-5-9-18(17)21-14-12-20(13-15-21)11-10-16-6-2-1-3-7-16/h1-9H,10-15H2/p+1. The number of benzene rings is 2. The molecule has 3 rings (SSSR count). The van der Waals surface area contributed by atoms with Crippen molar-refractivity contribution in [3.63, 3.8) is 0 Å². The van der Waals surface area contributed by atoms with Gasteiger partial charge in [-0.25, -0.2) is 4.39 Å². The van der Waals surface area contributed by atoms with E-state index in [4.69, 9.17) is 0 Å². The normalized spacial score (nSPS) is 16.1. The lowest BCUT2D eigenvalue weighted by Gasteiger charge is -2.33. The minimum absolute atomic E-state index is 0.106. The Morgan fingerprint density at radius 1 is 0.905 bits per heavy atom. The van der Waals surface area contributed by atoms with Gasteiger partial charge in [0, 0.05) is 6.42 Å². The number of para-hydroxylation sites is 1. The molecule has 0 saturated carbocycles. The summed E-state index contributed by atoms with van der Waals surface area (Å²) in [6, 6.07) is 17.7. The van der Waals surface area contributed by atoms with E-state index < -0.39 is 0 Å². The fourth-order valence-electron chi connectivity index (χ4n) is 2.99. The molecule has 1 N–H and O–H groups in total. The molecule has 21 heavy (non-hydrogen) atoms. The maximum Gasteiger partial charge on any atom is 0.146 e. The first kappa shape index (κ1) is 14.1. The lowest BCUT2D eigenvalue weighted by atomic mass is 10.1. The molecule has 0 unspecified atom stereocenters. The van der Waals surface area contributed by atoms with Crippen molar-refractivity contribution >= 4 is 5.69 Å². The number of nitrogens with one attached hydrogen (secondary N) is 1. The molecule has 0 amide bonds. The van der Waals surface area contributed by atoms with E-state index in [1.54, 1.807) is 17.0 Å². The molecule has 1 aliphatic heterocycles. The molecule has 0 aromatic heterocycles. The minimum atomic E-state index is -0.106. The molecule has 2 aromatic rings. The number of hydrogen-bond donors (Lipinski definition) is 1. The van der Waals surface area contributed by atoms with E-state index in [2.05, 4.69) is 35.2 Å². The van der Waals surface area contributed by atoms with E-state index in [-0.39, 0.29) is 5.82 Å². The average molecular weight is 285 g/mol. The van der Waals surface area contributed by atoms with Crippen molar-refractivity contribution in [1.29, 1.82) is 0 Å². The van der Waals surface area contributed by atoms with E-state index >= 15 is 0 Å². The van der Waals surface area contributed by atoms with Crippen LogP contribution in [0.2, 0.25) is 0 Å². The van der Waals surface area contributed by atoms with Gasteiger partial charge in [-0.1, -0.05) is 42.5 Å². The Labute approximate surface area is 125 Å². The third kappa shape index (κ3) is 3.61. The van der Waals surface area contributed by atoms with Crippen LogP contribution >= 0.6 is 0 Å². The number of hydrogen-bond acceptors (Lipinski definition) is 1. The third-order valence-electron chi connectivity index (χ3n) is 4.27. The zero-order chi connectivity index (χ0) is 14.5. The highest BCUT2D eigenvalue weighted by atomic mass is 19.1. The highest BCUT2D eigenvalue weighted by Gasteiger charge is 2.21. The molecular weight excluding hydrogens is 263 g/mol. The summed E-state index contributed by atoms with van der Waals surface area (Å²) < 4.78 is 13.8. The second-order valence-electron chi connectivity index (χ2n) is 5.67. The zero-order valence-corrected chi connectivity index (χ0v) is 12.3. The number of anilines is 1. The summed E-state index contributed by atoms with van der Waals surface area (Å²) >= 11 is 0. The molecule has 1 saturated heterocycles. The van der Waals surface area contributed by atoms with Crippen molar-refractivity contribution in [2.24, 2.45) is 0 Å². The Balaban J connectivity index is 1.50. The summed E-state index contributed by atoms with van der Waals surface area (Å²) in [5.41, 5.74) is 2.15. The lowest BCUT2D eigenvalue weighted by Crippen LogP contribution is -3.15. The van der Waals surface area contributed by atoms with Gasteiger partial charge in [-0.3, -0.25) is 0 Å². The van der Waals surface area contributed by atoms with Crippen LogP contribution in [0.4, 0.5) is 10.1 Å². The molecule has 1 fully saturated rings. The van der Waals surface area contributed by atoms with Gasteiger partial charge in [0.15, 0.2) is 0 Å². The molecule has 1 heterocycles. The molecule has 0 bridgehead atoms. The smallest absolute Gasteiger partial charge is 0.146 e. The first-order chi connectivity index (χ1) is 10.3. The number of rotatable bonds is 4. The van der Waals surface area contributed by atoms with Gasteiger partial charge in [0.05, 0.1) is 38.4 Å². The van der Waals surface area contributed by atoms with Gasteiger partial charge < -0.3 is 9.80 Å². The molecule has 2 nitrogen and oxygen atoms in total. The van der Waals surface area contributed by atoms with E-state index in [1.165, 1.54) is 5.56 Å². The van der Waals surface area contributed by atoms with Crippen LogP contribution < -0.4 is 9.80 Å². The van der Waals surface area contributed by atoms with Gasteiger partial charge >= 0.3 is 0 Å². The van der Waals surface area contributed by atoms with Crippen LogP contribution in [0.25, 0.3) is 0 Å². The molecule has 0 radical (unpaired) electrons. The van der Waals surface area contributed by atoms with Gasteiger partial charge in [-0.05, 0) is 17.7 Å². The Hall–Kier alpha value is -1.87. The Bertz CT molecular complexity index is 562. The largest absolute Gasteiger partial charge is 0.358 e. The second-order valence-corrected chi connectivity index (χ2v) is 5.67. The summed E-state index contributed by atoms with van der Waals surface area (Å²) in [6.45, 7) is 5.20. The van der Waals surface area contributed by atoms with Crippen LogP contribution in [-0.2, 0) is 6.42 Å². The van der Waals surface area contributed by atoms with Gasteiger partial charge in [-0.2, -0.15) is 0 Å². The molecule has 0 atom stereocenters. The zero-order valence-electron chi connectivity index (χ0n) is 12.3. The predicted molar refractivity (Wildman–Crippen MR) is 84.3 cm³/mol.